The van der Waals surface area contributed by atoms with Crippen molar-refractivity contribution in [3.8, 4) is 0 Å². The molecule has 0 aliphatic heterocycles. The fourth-order valence-electron chi connectivity index (χ4n) is 0.855. The summed E-state index contributed by atoms with van der Waals surface area (Å²) in [5.41, 5.74) is 0. The van der Waals surface area contributed by atoms with Crippen LogP contribution < -0.4 is 0 Å². The molecule has 0 aromatic carbocycles. The van der Waals surface area contributed by atoms with Crippen molar-refractivity contribution in [1.29, 1.82) is 0 Å². The van der Waals surface area contributed by atoms with Crippen LogP contribution in [0.1, 0.15) is 19.8 Å². The first kappa shape index (κ1) is 13.8. The van der Waals surface area contributed by atoms with E-state index in [9.17, 15) is 5.11 Å². The second kappa shape index (κ2) is 9.36. The van der Waals surface area contributed by atoms with Crippen LogP contribution in [-0.4, -0.2) is 54.1 Å². The van der Waals surface area contributed by atoms with E-state index < -0.39 is 12.4 Å². The molecule has 0 aromatic rings. The first-order chi connectivity index (χ1) is 6.72. The number of rotatable bonds is 9. The normalized spacial score (nSPS) is 13.5. The van der Waals surface area contributed by atoms with Crippen molar-refractivity contribution in [2.45, 2.75) is 32.2 Å². The maximum Gasteiger partial charge on any atom is 0.183 e. The molecule has 86 valence electrons. The molecular weight excluding hydrogens is 188 g/mol. The molecule has 0 saturated heterocycles. The van der Waals surface area contributed by atoms with Gasteiger partial charge in [-0.05, 0) is 19.8 Å². The molecule has 0 amide bonds. The molecule has 1 unspecified atom stereocenters. The molecule has 0 aliphatic carbocycles. The second-order valence-electron chi connectivity index (χ2n) is 3.00. The van der Waals surface area contributed by atoms with Gasteiger partial charge in [-0.15, -0.1) is 0 Å². The Labute approximate surface area is 84.3 Å². The van der Waals surface area contributed by atoms with Crippen LogP contribution >= 0.6 is 0 Å². The first-order valence-electron chi connectivity index (χ1n) is 4.85. The Morgan fingerprint density at radius 2 is 1.43 bits per heavy atom. The monoisotopic (exact) mass is 208 g/mol. The molecule has 0 saturated carbocycles. The molecule has 14 heavy (non-hydrogen) atoms. The number of hydrogen-bond acceptors (Lipinski definition) is 5. The van der Waals surface area contributed by atoms with E-state index in [1.54, 1.807) is 6.92 Å². The summed E-state index contributed by atoms with van der Waals surface area (Å²) in [6.07, 6.45) is -0.348. The van der Waals surface area contributed by atoms with Crippen LogP contribution in [0.4, 0.5) is 0 Å². The lowest BCUT2D eigenvalue weighted by atomic mass is 10.4. The van der Waals surface area contributed by atoms with E-state index >= 15 is 0 Å². The van der Waals surface area contributed by atoms with Gasteiger partial charge < -0.3 is 24.8 Å². The fraction of sp³-hybridized carbons (Fsp3) is 1.00. The van der Waals surface area contributed by atoms with Gasteiger partial charge in [0, 0.05) is 13.2 Å². The highest BCUT2D eigenvalue weighted by molar-refractivity contribution is 4.53. The van der Waals surface area contributed by atoms with E-state index in [4.69, 9.17) is 19.7 Å². The summed E-state index contributed by atoms with van der Waals surface area (Å²) in [4.78, 5) is 0. The van der Waals surface area contributed by atoms with Crippen molar-refractivity contribution in [3.05, 3.63) is 0 Å². The maximum atomic E-state index is 9.24. The largest absolute Gasteiger partial charge is 0.396 e. The number of aliphatic hydroxyl groups is 3. The standard InChI is InChI=1S/C9H20O5/c1-8(12)9(13-6-2-4-10)14-7-3-5-11/h8-12H,2-7H2,1H3. The molecule has 3 N–H and O–H groups in total. The Hall–Kier alpha value is -0.200. The summed E-state index contributed by atoms with van der Waals surface area (Å²) in [5, 5.41) is 26.3. The van der Waals surface area contributed by atoms with Crippen LogP contribution in [0.3, 0.4) is 0 Å². The number of aliphatic hydroxyl groups excluding tert-OH is 3. The quantitative estimate of drug-likeness (QED) is 0.351. The average molecular weight is 208 g/mol. The van der Waals surface area contributed by atoms with E-state index in [1.165, 1.54) is 0 Å². The molecule has 0 aliphatic rings. The summed E-state index contributed by atoms with van der Waals surface area (Å²) < 4.78 is 10.4. The van der Waals surface area contributed by atoms with Gasteiger partial charge in [0.05, 0.1) is 13.2 Å². The molecule has 0 aromatic heterocycles. The smallest absolute Gasteiger partial charge is 0.183 e. The molecule has 0 spiro atoms. The van der Waals surface area contributed by atoms with Crippen LogP contribution in [-0.2, 0) is 9.47 Å². The third-order valence-electron chi connectivity index (χ3n) is 1.56. The van der Waals surface area contributed by atoms with Gasteiger partial charge >= 0.3 is 0 Å². The third-order valence-corrected chi connectivity index (χ3v) is 1.56. The molecular formula is C9H20O5. The van der Waals surface area contributed by atoms with Gasteiger partial charge in [0.2, 0.25) is 0 Å². The highest BCUT2D eigenvalue weighted by Gasteiger charge is 2.15. The van der Waals surface area contributed by atoms with E-state index in [0.29, 0.717) is 26.1 Å². The van der Waals surface area contributed by atoms with E-state index in [-0.39, 0.29) is 13.2 Å². The van der Waals surface area contributed by atoms with Crippen molar-refractivity contribution in [1.82, 2.24) is 0 Å². The first-order valence-corrected chi connectivity index (χ1v) is 4.85. The predicted octanol–water partition coefficient (Wildman–Crippen LogP) is -0.509. The molecule has 0 fully saturated rings. The minimum absolute atomic E-state index is 0.0587. The van der Waals surface area contributed by atoms with Gasteiger partial charge in [-0.3, -0.25) is 0 Å². The second-order valence-corrected chi connectivity index (χ2v) is 3.00. The lowest BCUT2D eigenvalue weighted by molar-refractivity contribution is -0.191. The van der Waals surface area contributed by atoms with Crippen molar-refractivity contribution >= 4 is 0 Å². The average Bonchev–Trinajstić information content (AvgIpc) is 2.15. The molecule has 0 heterocycles. The minimum Gasteiger partial charge on any atom is -0.396 e. The third kappa shape index (κ3) is 7.23. The van der Waals surface area contributed by atoms with E-state index in [1.807, 2.05) is 0 Å². The molecule has 5 heteroatoms. The zero-order valence-electron chi connectivity index (χ0n) is 8.56. The van der Waals surface area contributed by atoms with Crippen molar-refractivity contribution in [3.63, 3.8) is 0 Å². The zero-order valence-corrected chi connectivity index (χ0v) is 8.56. The topological polar surface area (TPSA) is 79.2 Å². The molecule has 0 rings (SSSR count). The highest BCUT2D eigenvalue weighted by Crippen LogP contribution is 2.03. The predicted molar refractivity (Wildman–Crippen MR) is 50.8 cm³/mol. The summed E-state index contributed by atoms with van der Waals surface area (Å²) in [6, 6.07) is 0. The summed E-state index contributed by atoms with van der Waals surface area (Å²) >= 11 is 0. The molecule has 0 radical (unpaired) electrons. The fourth-order valence-corrected chi connectivity index (χ4v) is 0.855. The Kier molecular flexibility index (Phi) is 9.23. The molecule has 1 atom stereocenters. The highest BCUT2D eigenvalue weighted by atomic mass is 16.7. The lowest BCUT2D eigenvalue weighted by Gasteiger charge is -2.20. The van der Waals surface area contributed by atoms with Crippen molar-refractivity contribution in [2.75, 3.05) is 26.4 Å². The van der Waals surface area contributed by atoms with Crippen LogP contribution in [0.15, 0.2) is 0 Å². The van der Waals surface area contributed by atoms with Crippen molar-refractivity contribution in [2.24, 2.45) is 0 Å². The van der Waals surface area contributed by atoms with Gasteiger partial charge in [-0.25, -0.2) is 0 Å². The van der Waals surface area contributed by atoms with Crippen LogP contribution in [0.5, 0.6) is 0 Å². The molecule has 0 bridgehead atoms. The Morgan fingerprint density at radius 1 is 1.00 bits per heavy atom. The van der Waals surface area contributed by atoms with Gasteiger partial charge in [0.25, 0.3) is 0 Å². The Bertz CT molecular complexity index is 108. The maximum absolute atomic E-state index is 9.24. The van der Waals surface area contributed by atoms with Gasteiger partial charge in [0.15, 0.2) is 6.29 Å². The van der Waals surface area contributed by atoms with Crippen LogP contribution in [0, 0.1) is 0 Å². The number of ether oxygens (including phenoxy) is 2. The minimum atomic E-state index is -0.715. The van der Waals surface area contributed by atoms with Crippen molar-refractivity contribution < 1.29 is 24.8 Å². The molecule has 5 nitrogen and oxygen atoms in total. The summed E-state index contributed by atoms with van der Waals surface area (Å²) in [6.45, 7) is 2.39. The van der Waals surface area contributed by atoms with Gasteiger partial charge in [0.1, 0.15) is 6.10 Å². The Balaban J connectivity index is 3.55. The summed E-state index contributed by atoms with van der Waals surface area (Å²) in [7, 11) is 0. The summed E-state index contributed by atoms with van der Waals surface area (Å²) in [5.74, 6) is 0. The van der Waals surface area contributed by atoms with Crippen LogP contribution in [0.2, 0.25) is 0 Å². The number of hydrogen-bond donors (Lipinski definition) is 3. The Morgan fingerprint density at radius 3 is 1.71 bits per heavy atom. The SMILES string of the molecule is CC(O)C(OCCCO)OCCCO. The lowest BCUT2D eigenvalue weighted by Crippen LogP contribution is -2.30. The van der Waals surface area contributed by atoms with Crippen LogP contribution in [0.25, 0.3) is 0 Å². The van der Waals surface area contributed by atoms with Gasteiger partial charge in [-0.1, -0.05) is 0 Å². The van der Waals surface area contributed by atoms with E-state index in [0.717, 1.165) is 0 Å². The van der Waals surface area contributed by atoms with Gasteiger partial charge in [-0.2, -0.15) is 0 Å². The van der Waals surface area contributed by atoms with E-state index in [2.05, 4.69) is 0 Å². The zero-order chi connectivity index (χ0) is 10.8.